The van der Waals surface area contributed by atoms with E-state index < -0.39 is 11.6 Å². The molecule has 0 saturated carbocycles. The van der Waals surface area contributed by atoms with Crippen molar-refractivity contribution >= 4 is 5.91 Å². The molecule has 1 N–H and O–H groups in total. The molecule has 1 aliphatic rings. The van der Waals surface area contributed by atoms with Gasteiger partial charge >= 0.3 is 0 Å². The Hall–Kier alpha value is -1.75. The Kier molecular flexibility index (Phi) is 4.42. The number of methoxy groups -OCH3 is 1. The number of benzene rings is 1. The highest BCUT2D eigenvalue weighted by molar-refractivity contribution is 5.95. The van der Waals surface area contributed by atoms with Gasteiger partial charge in [-0.05, 0) is 45.4 Å². The number of hydrogen-bond acceptors (Lipinski definition) is 4. The van der Waals surface area contributed by atoms with E-state index in [9.17, 15) is 9.90 Å². The summed E-state index contributed by atoms with van der Waals surface area (Å²) in [5, 5.41) is 10.00. The molecule has 5 nitrogen and oxygen atoms in total. The second-order valence-corrected chi connectivity index (χ2v) is 5.71. The molecule has 1 aromatic carbocycles. The molecule has 1 aliphatic heterocycles. The maximum atomic E-state index is 12.7. The first-order valence-corrected chi connectivity index (χ1v) is 7.22. The summed E-state index contributed by atoms with van der Waals surface area (Å²) in [6.45, 7) is 6.76. The van der Waals surface area contributed by atoms with E-state index in [0.29, 0.717) is 36.6 Å². The van der Waals surface area contributed by atoms with E-state index in [1.54, 1.807) is 30.2 Å². The molecule has 0 radical (unpaired) electrons. The maximum absolute atomic E-state index is 12.7. The second-order valence-electron chi connectivity index (χ2n) is 5.71. The number of aliphatic hydroxyl groups is 1. The molecule has 1 amide bonds. The van der Waals surface area contributed by atoms with E-state index in [-0.39, 0.29) is 5.91 Å². The summed E-state index contributed by atoms with van der Waals surface area (Å²) in [6.07, 6.45) is 0.110. The van der Waals surface area contributed by atoms with Gasteiger partial charge in [-0.3, -0.25) is 4.79 Å². The largest absolute Gasteiger partial charge is 0.493 e. The lowest BCUT2D eigenvalue weighted by Crippen LogP contribution is -2.48. The quantitative estimate of drug-likeness (QED) is 0.923. The number of aliphatic hydroxyl groups excluding tert-OH is 1. The third-order valence-corrected chi connectivity index (χ3v) is 4.09. The molecule has 1 atom stereocenters. The zero-order chi connectivity index (χ0) is 15.6. The lowest BCUT2D eigenvalue weighted by atomic mass is 9.98. The van der Waals surface area contributed by atoms with Crippen LogP contribution in [0.5, 0.6) is 11.5 Å². The molecule has 5 heteroatoms. The van der Waals surface area contributed by atoms with Crippen LogP contribution < -0.4 is 9.47 Å². The molecule has 0 bridgehead atoms. The minimum atomic E-state index is -0.553. The second kappa shape index (κ2) is 5.93. The Bertz CT molecular complexity index is 527. The molecule has 1 heterocycles. The fourth-order valence-electron chi connectivity index (χ4n) is 2.67. The molecule has 2 rings (SSSR count). The average molecular weight is 293 g/mol. The van der Waals surface area contributed by atoms with Crippen molar-refractivity contribution in [3.63, 3.8) is 0 Å². The van der Waals surface area contributed by atoms with Crippen molar-refractivity contribution in [2.45, 2.75) is 38.8 Å². The SMILES string of the molecule is CCOc1ccc(C(=O)N2CCC(O)C2(C)C)cc1OC. The molecule has 116 valence electrons. The van der Waals surface area contributed by atoms with E-state index >= 15 is 0 Å². The molecular formula is C16H23NO4. The molecule has 0 spiro atoms. The number of amides is 1. The summed E-state index contributed by atoms with van der Waals surface area (Å²) >= 11 is 0. The molecule has 1 unspecified atom stereocenters. The van der Waals surface area contributed by atoms with Crippen molar-refractivity contribution in [2.75, 3.05) is 20.3 Å². The van der Waals surface area contributed by atoms with E-state index in [4.69, 9.17) is 9.47 Å². The molecule has 1 aromatic rings. The van der Waals surface area contributed by atoms with Gasteiger partial charge in [0.2, 0.25) is 0 Å². The molecule has 1 fully saturated rings. The van der Waals surface area contributed by atoms with E-state index in [1.807, 2.05) is 20.8 Å². The standard InChI is InChI=1S/C16H23NO4/c1-5-21-12-7-6-11(10-13(12)20-4)15(19)17-9-8-14(18)16(17,2)3/h6-7,10,14,18H,5,8-9H2,1-4H3. The number of carbonyl (C=O) groups excluding carboxylic acids is 1. The van der Waals surface area contributed by atoms with Crippen molar-refractivity contribution in [1.82, 2.24) is 4.90 Å². The highest BCUT2D eigenvalue weighted by atomic mass is 16.5. The Labute approximate surface area is 125 Å². The van der Waals surface area contributed by atoms with Crippen molar-refractivity contribution in [1.29, 1.82) is 0 Å². The minimum Gasteiger partial charge on any atom is -0.493 e. The fourth-order valence-corrected chi connectivity index (χ4v) is 2.67. The molecule has 1 saturated heterocycles. The first-order chi connectivity index (χ1) is 9.91. The molecule has 0 aromatic heterocycles. The molecular weight excluding hydrogens is 270 g/mol. The Morgan fingerprint density at radius 1 is 1.43 bits per heavy atom. The van der Waals surface area contributed by atoms with Crippen LogP contribution in [0.3, 0.4) is 0 Å². The van der Waals surface area contributed by atoms with Crippen LogP contribution >= 0.6 is 0 Å². The smallest absolute Gasteiger partial charge is 0.254 e. The Balaban J connectivity index is 2.28. The average Bonchev–Trinajstić information content (AvgIpc) is 2.73. The number of rotatable bonds is 4. The summed E-state index contributed by atoms with van der Waals surface area (Å²) in [7, 11) is 1.55. The third-order valence-electron chi connectivity index (χ3n) is 4.09. The third kappa shape index (κ3) is 2.83. The maximum Gasteiger partial charge on any atom is 0.254 e. The zero-order valence-electron chi connectivity index (χ0n) is 13.0. The van der Waals surface area contributed by atoms with Crippen LogP contribution in [-0.4, -0.2) is 47.8 Å². The van der Waals surface area contributed by atoms with Crippen molar-refractivity contribution < 1.29 is 19.4 Å². The number of hydrogen-bond donors (Lipinski definition) is 1. The number of likely N-dealkylation sites (tertiary alicyclic amines) is 1. The van der Waals surface area contributed by atoms with Gasteiger partial charge in [0, 0.05) is 12.1 Å². The topological polar surface area (TPSA) is 59.0 Å². The highest BCUT2D eigenvalue weighted by Gasteiger charge is 2.43. The van der Waals surface area contributed by atoms with Crippen LogP contribution in [0.15, 0.2) is 18.2 Å². The first-order valence-electron chi connectivity index (χ1n) is 7.22. The highest BCUT2D eigenvalue weighted by Crippen LogP contribution is 2.33. The van der Waals surface area contributed by atoms with Gasteiger partial charge in [0.05, 0.1) is 25.4 Å². The van der Waals surface area contributed by atoms with Gasteiger partial charge < -0.3 is 19.5 Å². The van der Waals surface area contributed by atoms with Gasteiger partial charge in [0.1, 0.15) is 0 Å². The van der Waals surface area contributed by atoms with Crippen LogP contribution in [0, 0.1) is 0 Å². The zero-order valence-corrected chi connectivity index (χ0v) is 13.0. The van der Waals surface area contributed by atoms with Gasteiger partial charge in [0.25, 0.3) is 5.91 Å². The number of carbonyl (C=O) groups is 1. The van der Waals surface area contributed by atoms with Gasteiger partial charge in [-0.1, -0.05) is 0 Å². The number of nitrogens with zero attached hydrogens (tertiary/aromatic N) is 1. The van der Waals surface area contributed by atoms with E-state index in [2.05, 4.69) is 0 Å². The Morgan fingerprint density at radius 3 is 2.67 bits per heavy atom. The van der Waals surface area contributed by atoms with E-state index in [0.717, 1.165) is 0 Å². The number of ether oxygens (including phenoxy) is 2. The van der Waals surface area contributed by atoms with Crippen molar-refractivity contribution in [2.24, 2.45) is 0 Å². The summed E-state index contributed by atoms with van der Waals surface area (Å²) in [5.74, 6) is 1.07. The predicted molar refractivity (Wildman–Crippen MR) is 79.9 cm³/mol. The monoisotopic (exact) mass is 293 g/mol. The van der Waals surface area contributed by atoms with Crippen molar-refractivity contribution in [3.05, 3.63) is 23.8 Å². The van der Waals surface area contributed by atoms with Gasteiger partial charge in [-0.2, -0.15) is 0 Å². The first kappa shape index (κ1) is 15.6. The van der Waals surface area contributed by atoms with Crippen LogP contribution in [0.2, 0.25) is 0 Å². The summed E-state index contributed by atoms with van der Waals surface area (Å²) < 4.78 is 10.7. The Morgan fingerprint density at radius 2 is 2.14 bits per heavy atom. The van der Waals surface area contributed by atoms with Gasteiger partial charge in [-0.25, -0.2) is 0 Å². The van der Waals surface area contributed by atoms with Crippen LogP contribution in [-0.2, 0) is 0 Å². The normalized spacial score (nSPS) is 20.4. The van der Waals surface area contributed by atoms with Gasteiger partial charge in [0.15, 0.2) is 11.5 Å². The fraction of sp³-hybridized carbons (Fsp3) is 0.562. The minimum absolute atomic E-state index is 0.0992. The molecule has 0 aliphatic carbocycles. The lowest BCUT2D eigenvalue weighted by molar-refractivity contribution is 0.0394. The summed E-state index contributed by atoms with van der Waals surface area (Å²) in [4.78, 5) is 14.4. The summed E-state index contributed by atoms with van der Waals surface area (Å²) in [6, 6.07) is 5.17. The molecule has 21 heavy (non-hydrogen) atoms. The van der Waals surface area contributed by atoms with Gasteiger partial charge in [-0.15, -0.1) is 0 Å². The van der Waals surface area contributed by atoms with Crippen LogP contribution in [0.25, 0.3) is 0 Å². The van der Waals surface area contributed by atoms with Crippen molar-refractivity contribution in [3.8, 4) is 11.5 Å². The predicted octanol–water partition coefficient (Wildman–Crippen LogP) is 2.08. The van der Waals surface area contributed by atoms with E-state index in [1.165, 1.54) is 0 Å². The van der Waals surface area contributed by atoms with Crippen LogP contribution in [0.1, 0.15) is 37.6 Å². The van der Waals surface area contributed by atoms with Crippen LogP contribution in [0.4, 0.5) is 0 Å². The lowest BCUT2D eigenvalue weighted by Gasteiger charge is -2.34. The summed E-state index contributed by atoms with van der Waals surface area (Å²) in [5.41, 5.74) is -0.0133.